The second-order valence-electron chi connectivity index (χ2n) is 3.25. The highest BCUT2D eigenvalue weighted by molar-refractivity contribution is 7.80. The molecule has 1 heterocycles. The molecule has 2 N–H and O–H groups in total. The van der Waals surface area contributed by atoms with Crippen LogP contribution in [0.4, 0.5) is 0 Å². The van der Waals surface area contributed by atoms with Crippen molar-refractivity contribution in [2.45, 2.75) is 12.5 Å². The molecule has 0 radical (unpaired) electrons. The first-order valence-corrected chi connectivity index (χ1v) is 4.85. The Kier molecular flexibility index (Phi) is 2.55. The van der Waals surface area contributed by atoms with E-state index in [1.807, 2.05) is 0 Å². The average molecular weight is 223 g/mol. The number of phenols is 1. The van der Waals surface area contributed by atoms with E-state index in [1.165, 1.54) is 0 Å². The molecule has 1 atom stereocenters. The summed E-state index contributed by atoms with van der Waals surface area (Å²) in [6.07, 6.45) is -0.103. The molecule has 0 aliphatic carbocycles. The van der Waals surface area contributed by atoms with Crippen molar-refractivity contribution in [1.82, 2.24) is 5.32 Å². The molecule has 4 nitrogen and oxygen atoms in total. The number of ether oxygens (including phenoxy) is 1. The zero-order chi connectivity index (χ0) is 10.8. The fourth-order valence-electron chi connectivity index (χ4n) is 1.37. The smallest absolute Gasteiger partial charge is 0.268 e. The fraction of sp³-hybridized carbons (Fsp3) is 0.200. The van der Waals surface area contributed by atoms with Crippen LogP contribution in [0.1, 0.15) is 5.56 Å². The number of carbonyl (C=O) groups is 1. The van der Waals surface area contributed by atoms with Gasteiger partial charge in [-0.2, -0.15) is 0 Å². The summed E-state index contributed by atoms with van der Waals surface area (Å²) in [5.41, 5.74) is 0.914. The predicted molar refractivity (Wildman–Crippen MR) is 57.4 cm³/mol. The first-order chi connectivity index (χ1) is 7.15. The number of hydrogen-bond donors (Lipinski definition) is 2. The Labute approximate surface area is 91.9 Å². The topological polar surface area (TPSA) is 58.6 Å². The van der Waals surface area contributed by atoms with Gasteiger partial charge < -0.3 is 9.84 Å². The van der Waals surface area contributed by atoms with Crippen LogP contribution < -0.4 is 5.32 Å². The van der Waals surface area contributed by atoms with Crippen LogP contribution in [0.25, 0.3) is 0 Å². The van der Waals surface area contributed by atoms with Crippen LogP contribution >= 0.6 is 12.2 Å². The Morgan fingerprint density at radius 2 is 2.07 bits per heavy atom. The summed E-state index contributed by atoms with van der Waals surface area (Å²) in [6.45, 7) is 0. The Morgan fingerprint density at radius 1 is 1.40 bits per heavy atom. The average Bonchev–Trinajstić information content (AvgIpc) is 2.49. The van der Waals surface area contributed by atoms with E-state index in [1.54, 1.807) is 24.3 Å². The lowest BCUT2D eigenvalue weighted by Gasteiger charge is -2.06. The highest BCUT2D eigenvalue weighted by Gasteiger charge is 2.29. The van der Waals surface area contributed by atoms with Crippen LogP contribution in [-0.4, -0.2) is 22.3 Å². The molecule has 1 amide bonds. The quantitative estimate of drug-likeness (QED) is 0.726. The molecule has 0 saturated carbocycles. The number of thiocarbonyl (C=S) groups is 1. The van der Waals surface area contributed by atoms with Crippen LogP contribution in [0.2, 0.25) is 0 Å². The Hall–Kier alpha value is -1.62. The molecule has 1 fully saturated rings. The van der Waals surface area contributed by atoms with Crippen LogP contribution in [0.15, 0.2) is 24.3 Å². The van der Waals surface area contributed by atoms with Crippen LogP contribution in [0.3, 0.4) is 0 Å². The number of nitrogens with one attached hydrogen (secondary N) is 1. The van der Waals surface area contributed by atoms with E-state index in [0.717, 1.165) is 5.56 Å². The normalized spacial score (nSPS) is 19.9. The third-order valence-electron chi connectivity index (χ3n) is 2.12. The van der Waals surface area contributed by atoms with E-state index in [9.17, 15) is 4.79 Å². The van der Waals surface area contributed by atoms with Gasteiger partial charge in [0.2, 0.25) is 0 Å². The summed E-state index contributed by atoms with van der Waals surface area (Å²) in [7, 11) is 0. The Morgan fingerprint density at radius 3 is 2.60 bits per heavy atom. The van der Waals surface area contributed by atoms with Gasteiger partial charge in [-0.25, -0.2) is 0 Å². The summed E-state index contributed by atoms with van der Waals surface area (Å²) in [5.74, 6) is -0.0147. The first kappa shape index (κ1) is 9.92. The molecule has 1 aromatic carbocycles. The van der Waals surface area contributed by atoms with Gasteiger partial charge in [0.25, 0.3) is 11.1 Å². The number of hydrogen-bond acceptors (Lipinski definition) is 4. The maximum Gasteiger partial charge on any atom is 0.268 e. The van der Waals surface area contributed by atoms with Gasteiger partial charge in [0.15, 0.2) is 6.10 Å². The zero-order valence-corrected chi connectivity index (χ0v) is 8.58. The van der Waals surface area contributed by atoms with Crippen LogP contribution in [-0.2, 0) is 16.0 Å². The number of rotatable bonds is 2. The minimum absolute atomic E-state index is 0.128. The van der Waals surface area contributed by atoms with Crippen molar-refractivity contribution in [3.05, 3.63) is 29.8 Å². The first-order valence-electron chi connectivity index (χ1n) is 4.44. The van der Waals surface area contributed by atoms with Gasteiger partial charge in [-0.3, -0.25) is 10.1 Å². The van der Waals surface area contributed by atoms with E-state index < -0.39 is 6.10 Å². The number of amides is 1. The molecule has 1 aliphatic heterocycles. The van der Waals surface area contributed by atoms with E-state index >= 15 is 0 Å². The van der Waals surface area contributed by atoms with Crippen molar-refractivity contribution in [3.63, 3.8) is 0 Å². The lowest BCUT2D eigenvalue weighted by Crippen LogP contribution is -2.25. The molecule has 2 rings (SSSR count). The second kappa shape index (κ2) is 3.86. The minimum atomic E-state index is -0.554. The van der Waals surface area contributed by atoms with E-state index in [-0.39, 0.29) is 16.8 Å². The van der Waals surface area contributed by atoms with Crippen LogP contribution in [0.5, 0.6) is 5.75 Å². The van der Waals surface area contributed by atoms with E-state index in [0.29, 0.717) is 6.42 Å². The lowest BCUT2D eigenvalue weighted by atomic mass is 10.1. The van der Waals surface area contributed by atoms with Gasteiger partial charge in [0.05, 0.1) is 0 Å². The van der Waals surface area contributed by atoms with Gasteiger partial charge in [-0.1, -0.05) is 12.1 Å². The highest BCUT2D eigenvalue weighted by atomic mass is 32.1. The number of phenolic OH excluding ortho intramolecular Hbond substituents is 1. The standard InChI is InChI=1S/C10H9NO3S/c12-7-3-1-6(2-4-7)5-8-9(13)11-10(15)14-8/h1-4,8,12H,5H2,(H,11,13,15). The van der Waals surface area contributed by atoms with Crippen LogP contribution in [0, 0.1) is 0 Å². The molecule has 1 aromatic rings. The molecule has 0 spiro atoms. The summed E-state index contributed by atoms with van der Waals surface area (Å²) in [6, 6.07) is 6.63. The van der Waals surface area contributed by atoms with Gasteiger partial charge >= 0.3 is 0 Å². The molecule has 5 heteroatoms. The van der Waals surface area contributed by atoms with E-state index in [2.05, 4.69) is 5.32 Å². The summed E-state index contributed by atoms with van der Waals surface area (Å²) in [5, 5.41) is 11.6. The number of benzene rings is 1. The summed E-state index contributed by atoms with van der Waals surface area (Å²) < 4.78 is 5.12. The molecule has 78 valence electrons. The molecule has 0 bridgehead atoms. The van der Waals surface area contributed by atoms with Gasteiger partial charge in [0, 0.05) is 6.42 Å². The van der Waals surface area contributed by atoms with Crippen molar-refractivity contribution in [3.8, 4) is 5.75 Å². The number of aromatic hydroxyl groups is 1. The largest absolute Gasteiger partial charge is 0.508 e. The summed E-state index contributed by atoms with van der Waals surface area (Å²) >= 11 is 4.72. The second-order valence-corrected chi connectivity index (χ2v) is 3.62. The number of carbonyl (C=O) groups excluding carboxylic acids is 1. The predicted octanol–water partition coefficient (Wildman–Crippen LogP) is 0.735. The third-order valence-corrected chi connectivity index (χ3v) is 2.32. The summed E-state index contributed by atoms with van der Waals surface area (Å²) in [4.78, 5) is 11.3. The monoisotopic (exact) mass is 223 g/mol. The molecule has 1 unspecified atom stereocenters. The fourth-order valence-corrected chi connectivity index (χ4v) is 1.59. The van der Waals surface area contributed by atoms with Gasteiger partial charge in [-0.05, 0) is 29.9 Å². The van der Waals surface area contributed by atoms with E-state index in [4.69, 9.17) is 22.1 Å². The molecule has 15 heavy (non-hydrogen) atoms. The molecule has 1 aliphatic rings. The van der Waals surface area contributed by atoms with Gasteiger partial charge in [0.1, 0.15) is 5.75 Å². The molecule has 0 aromatic heterocycles. The van der Waals surface area contributed by atoms with Crippen molar-refractivity contribution < 1.29 is 14.6 Å². The SMILES string of the molecule is O=C1NC(=S)OC1Cc1ccc(O)cc1. The van der Waals surface area contributed by atoms with Crippen molar-refractivity contribution in [2.75, 3.05) is 0 Å². The molecular weight excluding hydrogens is 214 g/mol. The van der Waals surface area contributed by atoms with Crippen molar-refractivity contribution >= 4 is 23.3 Å². The minimum Gasteiger partial charge on any atom is -0.508 e. The highest BCUT2D eigenvalue weighted by Crippen LogP contribution is 2.14. The lowest BCUT2D eigenvalue weighted by molar-refractivity contribution is -0.123. The third kappa shape index (κ3) is 2.24. The van der Waals surface area contributed by atoms with Crippen molar-refractivity contribution in [2.24, 2.45) is 0 Å². The maximum absolute atomic E-state index is 11.3. The molecule has 1 saturated heterocycles. The zero-order valence-electron chi connectivity index (χ0n) is 7.77. The van der Waals surface area contributed by atoms with Gasteiger partial charge in [-0.15, -0.1) is 0 Å². The molecular formula is C10H9NO3S. The maximum atomic E-state index is 11.3. The Bertz CT molecular complexity index is 402. The van der Waals surface area contributed by atoms with Crippen molar-refractivity contribution in [1.29, 1.82) is 0 Å². The Balaban J connectivity index is 2.06.